The number of aliphatic hydroxyl groups is 1. The standard InChI is InChI=1S/C23H19ClN4O4/c1-28-5-4-11-6-12(2-3-16(11)28)19-14(24)7-15-20(27-19)13(8-25)23(26-15)32-18-10-31-21-17(29)9-30-22(18)21/h2-7,17-18,21-22,26,29H,9-10H2,1H3/t17?,18?,21-,22-/m1/s1. The predicted molar refractivity (Wildman–Crippen MR) is 118 cm³/mol. The van der Waals surface area contributed by atoms with Gasteiger partial charge in [-0.3, -0.25) is 0 Å². The van der Waals surface area contributed by atoms with Crippen molar-refractivity contribution in [3.63, 3.8) is 0 Å². The maximum atomic E-state index is 9.94. The second-order valence-electron chi connectivity index (χ2n) is 8.18. The van der Waals surface area contributed by atoms with E-state index in [9.17, 15) is 10.4 Å². The van der Waals surface area contributed by atoms with Gasteiger partial charge in [-0.05, 0) is 24.3 Å². The highest BCUT2D eigenvalue weighted by molar-refractivity contribution is 6.33. The molecule has 6 rings (SSSR count). The van der Waals surface area contributed by atoms with E-state index in [1.165, 1.54) is 0 Å². The number of ether oxygens (including phenoxy) is 3. The van der Waals surface area contributed by atoms with Gasteiger partial charge < -0.3 is 28.9 Å². The molecule has 1 aromatic carbocycles. The van der Waals surface area contributed by atoms with Gasteiger partial charge in [-0.15, -0.1) is 0 Å². The minimum Gasteiger partial charge on any atom is -0.469 e. The number of pyridine rings is 1. The van der Waals surface area contributed by atoms with Crippen LogP contribution in [-0.2, 0) is 16.5 Å². The van der Waals surface area contributed by atoms with Gasteiger partial charge in [-0.2, -0.15) is 5.26 Å². The normalized spacial score (nSPS) is 24.8. The Morgan fingerprint density at radius 3 is 2.94 bits per heavy atom. The first-order valence-electron chi connectivity index (χ1n) is 10.3. The van der Waals surface area contributed by atoms with Crippen LogP contribution >= 0.6 is 11.6 Å². The molecule has 32 heavy (non-hydrogen) atoms. The van der Waals surface area contributed by atoms with Crippen molar-refractivity contribution in [1.82, 2.24) is 14.5 Å². The largest absolute Gasteiger partial charge is 0.469 e. The maximum Gasteiger partial charge on any atom is 0.212 e. The Morgan fingerprint density at radius 2 is 2.09 bits per heavy atom. The highest BCUT2D eigenvalue weighted by atomic mass is 35.5. The van der Waals surface area contributed by atoms with Crippen molar-refractivity contribution < 1.29 is 19.3 Å². The molecule has 0 aliphatic carbocycles. The summed E-state index contributed by atoms with van der Waals surface area (Å²) in [6.07, 6.45) is 0.0970. The first kappa shape index (κ1) is 19.6. The number of aliphatic hydroxyl groups excluding tert-OH is 1. The van der Waals surface area contributed by atoms with Gasteiger partial charge in [0.05, 0.1) is 29.4 Å². The van der Waals surface area contributed by atoms with E-state index in [-0.39, 0.29) is 19.3 Å². The number of aryl methyl sites for hydroxylation is 1. The molecule has 2 unspecified atom stereocenters. The minimum absolute atomic E-state index is 0.208. The van der Waals surface area contributed by atoms with E-state index in [0.29, 0.717) is 33.2 Å². The number of aromatic nitrogens is 3. The molecule has 2 fully saturated rings. The number of nitrogens with zero attached hydrogens (tertiary/aromatic N) is 3. The molecule has 5 heterocycles. The summed E-state index contributed by atoms with van der Waals surface area (Å²) in [5.41, 5.74) is 3.95. The zero-order valence-corrected chi connectivity index (χ0v) is 17.8. The number of fused-ring (bicyclic) bond motifs is 3. The summed E-state index contributed by atoms with van der Waals surface area (Å²) in [5.74, 6) is 0.293. The molecule has 8 nitrogen and oxygen atoms in total. The fraction of sp³-hybridized carbons (Fsp3) is 0.304. The number of benzene rings is 1. The van der Waals surface area contributed by atoms with Crippen LogP contribution in [0.15, 0.2) is 36.5 Å². The topological polar surface area (TPSA) is 105 Å². The number of rotatable bonds is 3. The summed E-state index contributed by atoms with van der Waals surface area (Å²) in [5, 5.41) is 21.3. The second kappa shape index (κ2) is 7.22. The van der Waals surface area contributed by atoms with Crippen LogP contribution in [0.1, 0.15) is 5.56 Å². The molecule has 2 aliphatic heterocycles. The molecule has 4 aromatic rings. The van der Waals surface area contributed by atoms with Crippen LogP contribution in [0.2, 0.25) is 5.02 Å². The highest BCUT2D eigenvalue weighted by Gasteiger charge is 2.48. The number of hydrogen-bond acceptors (Lipinski definition) is 6. The molecular weight excluding hydrogens is 432 g/mol. The molecule has 0 amide bonds. The van der Waals surface area contributed by atoms with Gasteiger partial charge in [-0.1, -0.05) is 17.7 Å². The summed E-state index contributed by atoms with van der Waals surface area (Å²) >= 11 is 6.58. The number of H-pyrrole nitrogens is 1. The second-order valence-corrected chi connectivity index (χ2v) is 8.58. The molecule has 0 spiro atoms. The van der Waals surface area contributed by atoms with E-state index < -0.39 is 18.3 Å². The molecule has 0 saturated carbocycles. The van der Waals surface area contributed by atoms with Crippen molar-refractivity contribution in [3.8, 4) is 23.2 Å². The molecule has 0 radical (unpaired) electrons. The maximum absolute atomic E-state index is 9.94. The van der Waals surface area contributed by atoms with E-state index in [2.05, 4.69) is 11.1 Å². The zero-order valence-electron chi connectivity index (χ0n) is 17.1. The first-order valence-corrected chi connectivity index (χ1v) is 10.7. The summed E-state index contributed by atoms with van der Waals surface area (Å²) in [6, 6.07) is 12.0. The van der Waals surface area contributed by atoms with E-state index in [1.54, 1.807) is 6.07 Å². The third-order valence-corrected chi connectivity index (χ3v) is 6.50. The first-order chi connectivity index (χ1) is 15.5. The number of halogens is 1. The van der Waals surface area contributed by atoms with E-state index in [4.69, 9.17) is 30.8 Å². The van der Waals surface area contributed by atoms with Crippen molar-refractivity contribution in [2.75, 3.05) is 13.2 Å². The Bertz CT molecular complexity index is 1400. The fourth-order valence-corrected chi connectivity index (χ4v) is 4.85. The van der Waals surface area contributed by atoms with Crippen molar-refractivity contribution in [2.24, 2.45) is 7.05 Å². The van der Waals surface area contributed by atoms with Crippen LogP contribution in [0.5, 0.6) is 5.88 Å². The summed E-state index contributed by atoms with van der Waals surface area (Å²) in [6.45, 7) is 0.475. The average Bonchev–Trinajstić information content (AvgIpc) is 3.53. The molecule has 9 heteroatoms. The molecule has 3 aromatic heterocycles. The lowest BCUT2D eigenvalue weighted by atomic mass is 10.1. The van der Waals surface area contributed by atoms with Crippen LogP contribution in [0, 0.1) is 11.3 Å². The number of hydrogen-bond donors (Lipinski definition) is 2. The van der Waals surface area contributed by atoms with Crippen LogP contribution in [0.3, 0.4) is 0 Å². The van der Waals surface area contributed by atoms with Gasteiger partial charge in [-0.25, -0.2) is 4.98 Å². The molecular formula is C23H19ClN4O4. The molecule has 4 atom stereocenters. The summed E-state index contributed by atoms with van der Waals surface area (Å²) in [7, 11) is 1.99. The summed E-state index contributed by atoms with van der Waals surface area (Å²) in [4.78, 5) is 7.85. The number of nitriles is 1. The van der Waals surface area contributed by atoms with E-state index in [0.717, 1.165) is 16.5 Å². The highest BCUT2D eigenvalue weighted by Crippen LogP contribution is 2.36. The van der Waals surface area contributed by atoms with Crippen molar-refractivity contribution >= 4 is 33.5 Å². The van der Waals surface area contributed by atoms with Crippen molar-refractivity contribution in [3.05, 3.63) is 47.1 Å². The fourth-order valence-electron chi connectivity index (χ4n) is 4.59. The minimum atomic E-state index is -0.670. The Morgan fingerprint density at radius 1 is 1.25 bits per heavy atom. The predicted octanol–water partition coefficient (Wildman–Crippen LogP) is 3.15. The van der Waals surface area contributed by atoms with Crippen molar-refractivity contribution in [2.45, 2.75) is 24.4 Å². The Labute approximate surface area is 187 Å². The van der Waals surface area contributed by atoms with Gasteiger partial charge in [0.15, 0.2) is 6.10 Å². The van der Waals surface area contributed by atoms with Crippen LogP contribution in [-0.4, -0.2) is 57.3 Å². The van der Waals surface area contributed by atoms with Gasteiger partial charge in [0, 0.05) is 29.7 Å². The third kappa shape index (κ3) is 2.90. The molecule has 0 bridgehead atoms. The van der Waals surface area contributed by atoms with Crippen LogP contribution < -0.4 is 4.74 Å². The Hall–Kier alpha value is -3.09. The van der Waals surface area contributed by atoms with Crippen molar-refractivity contribution in [1.29, 1.82) is 5.26 Å². The van der Waals surface area contributed by atoms with Crippen LogP contribution in [0.25, 0.3) is 33.2 Å². The lowest BCUT2D eigenvalue weighted by molar-refractivity contribution is 0.00789. The molecule has 162 valence electrons. The van der Waals surface area contributed by atoms with Gasteiger partial charge >= 0.3 is 0 Å². The average molecular weight is 451 g/mol. The monoisotopic (exact) mass is 450 g/mol. The number of aromatic amines is 1. The van der Waals surface area contributed by atoms with E-state index in [1.807, 2.05) is 42.1 Å². The Kier molecular flexibility index (Phi) is 4.42. The van der Waals surface area contributed by atoms with Gasteiger partial charge in [0.25, 0.3) is 0 Å². The molecule has 2 aliphatic rings. The smallest absolute Gasteiger partial charge is 0.212 e. The molecule has 2 saturated heterocycles. The quantitative estimate of drug-likeness (QED) is 0.496. The number of nitrogens with one attached hydrogen (secondary N) is 1. The Balaban J connectivity index is 1.40. The van der Waals surface area contributed by atoms with Gasteiger partial charge in [0.2, 0.25) is 5.88 Å². The summed E-state index contributed by atoms with van der Waals surface area (Å²) < 4.78 is 19.4. The third-order valence-electron chi connectivity index (χ3n) is 6.21. The van der Waals surface area contributed by atoms with E-state index >= 15 is 0 Å². The zero-order chi connectivity index (χ0) is 22.0. The van der Waals surface area contributed by atoms with Gasteiger partial charge in [0.1, 0.15) is 35.5 Å². The molecule has 2 N–H and O–H groups in total. The lowest BCUT2D eigenvalue weighted by Crippen LogP contribution is -2.34. The lowest BCUT2D eigenvalue weighted by Gasteiger charge is -2.16. The SMILES string of the molecule is Cn1ccc2cc(-c3nc4c(C#N)c(OC5CO[C@@H]6C(O)CO[C@H]56)[nH]c4cc3Cl)ccc21. The van der Waals surface area contributed by atoms with Crippen LogP contribution in [0.4, 0.5) is 0 Å².